The molecule has 0 N–H and O–H groups in total. The summed E-state index contributed by atoms with van der Waals surface area (Å²) in [5, 5.41) is 4.60. The maximum Gasteiger partial charge on any atom is 0.243 e. The van der Waals surface area contributed by atoms with Crippen molar-refractivity contribution in [3.63, 3.8) is 0 Å². The van der Waals surface area contributed by atoms with Crippen molar-refractivity contribution in [2.45, 2.75) is 51.7 Å². The summed E-state index contributed by atoms with van der Waals surface area (Å²) in [6.45, 7) is 4.26. The molecule has 3 aromatic rings. The third kappa shape index (κ3) is 2.11. The lowest BCUT2D eigenvalue weighted by Crippen LogP contribution is -2.44. The van der Waals surface area contributed by atoms with Crippen LogP contribution in [0, 0.1) is 13.8 Å². The van der Waals surface area contributed by atoms with Crippen LogP contribution in [0.5, 0.6) is 0 Å². The molecule has 1 amide bonds. The molecule has 1 fully saturated rings. The number of fused-ring (bicyclic) bond motifs is 6. The molecule has 2 bridgehead atoms. The zero-order valence-corrected chi connectivity index (χ0v) is 14.4. The Morgan fingerprint density at radius 2 is 2.16 bits per heavy atom. The van der Waals surface area contributed by atoms with Crippen LogP contribution in [0.2, 0.25) is 0 Å². The summed E-state index contributed by atoms with van der Waals surface area (Å²) in [5.41, 5.74) is 4.24. The third-order valence-corrected chi connectivity index (χ3v) is 5.55. The number of carbonyl (C=O) groups excluding carboxylic acids is 1. The smallest absolute Gasteiger partial charge is 0.243 e. The second-order valence-corrected chi connectivity index (χ2v) is 7.07. The van der Waals surface area contributed by atoms with Crippen molar-refractivity contribution in [3.05, 3.63) is 47.4 Å². The minimum absolute atomic E-state index is 0.117. The summed E-state index contributed by atoms with van der Waals surface area (Å²) in [6, 6.07) is 2.37. The topological polar surface area (TPSA) is 68.3 Å². The number of aromatic nitrogens is 5. The Morgan fingerprint density at radius 3 is 2.96 bits per heavy atom. The van der Waals surface area contributed by atoms with Crippen LogP contribution in [0.25, 0.3) is 5.65 Å². The Balaban J connectivity index is 1.52. The van der Waals surface area contributed by atoms with Crippen LogP contribution in [-0.2, 0) is 17.8 Å². The lowest BCUT2D eigenvalue weighted by molar-refractivity contribution is -0.135. The van der Waals surface area contributed by atoms with Gasteiger partial charge < -0.3 is 9.47 Å². The molecule has 7 heteroatoms. The van der Waals surface area contributed by atoms with Gasteiger partial charge in [0, 0.05) is 42.7 Å². The summed E-state index contributed by atoms with van der Waals surface area (Å²) in [6.07, 6.45) is 8.44. The van der Waals surface area contributed by atoms with E-state index in [0.717, 1.165) is 42.0 Å². The first-order chi connectivity index (χ1) is 12.1. The standard InChI is InChI=1S/C18H20N6O/c1-11-7-17-20-9-14-15-4-3-13(8-16(14)24(17)21-11)23(15)18(25)10-22-6-5-19-12(22)2/h5-7,9,13,15H,3-4,8,10H2,1-2H3/t13-,15+/m0/s1. The summed E-state index contributed by atoms with van der Waals surface area (Å²) in [4.78, 5) is 23.8. The Labute approximate surface area is 145 Å². The molecule has 0 aromatic carbocycles. The van der Waals surface area contributed by atoms with Crippen LogP contribution in [0.3, 0.4) is 0 Å². The first kappa shape index (κ1) is 14.6. The van der Waals surface area contributed by atoms with Gasteiger partial charge in [0.15, 0.2) is 5.65 Å². The monoisotopic (exact) mass is 336 g/mol. The van der Waals surface area contributed by atoms with Crippen LogP contribution in [0.4, 0.5) is 0 Å². The van der Waals surface area contributed by atoms with Gasteiger partial charge in [-0.2, -0.15) is 5.10 Å². The van der Waals surface area contributed by atoms with E-state index in [1.807, 2.05) is 41.4 Å². The van der Waals surface area contributed by atoms with Crippen LogP contribution >= 0.6 is 0 Å². The maximum atomic E-state index is 13.0. The second-order valence-electron chi connectivity index (χ2n) is 7.07. The molecule has 2 aliphatic rings. The van der Waals surface area contributed by atoms with Crippen molar-refractivity contribution in [3.8, 4) is 0 Å². The Hall–Kier alpha value is -2.70. The summed E-state index contributed by atoms with van der Waals surface area (Å²) < 4.78 is 3.88. The zero-order valence-electron chi connectivity index (χ0n) is 14.4. The molecular formula is C18H20N6O. The van der Waals surface area contributed by atoms with Crippen LogP contribution in [0.1, 0.15) is 41.7 Å². The van der Waals surface area contributed by atoms with Gasteiger partial charge in [0.25, 0.3) is 0 Å². The van der Waals surface area contributed by atoms with Gasteiger partial charge >= 0.3 is 0 Å². The second kappa shape index (κ2) is 5.15. The van der Waals surface area contributed by atoms with Crippen LogP contribution < -0.4 is 0 Å². The van der Waals surface area contributed by atoms with E-state index in [9.17, 15) is 4.79 Å². The highest BCUT2D eigenvalue weighted by Crippen LogP contribution is 2.43. The average Bonchev–Trinajstić information content (AvgIpc) is 3.25. The number of imidazole rings is 1. The molecule has 0 radical (unpaired) electrons. The number of nitrogens with zero attached hydrogens (tertiary/aromatic N) is 6. The van der Waals surface area contributed by atoms with E-state index in [1.54, 1.807) is 6.20 Å². The molecule has 2 aliphatic heterocycles. The quantitative estimate of drug-likeness (QED) is 0.716. The molecule has 25 heavy (non-hydrogen) atoms. The van der Waals surface area contributed by atoms with E-state index in [2.05, 4.69) is 20.0 Å². The molecule has 7 nitrogen and oxygen atoms in total. The van der Waals surface area contributed by atoms with Crippen LogP contribution in [-0.4, -0.2) is 41.0 Å². The van der Waals surface area contributed by atoms with E-state index in [1.165, 1.54) is 5.69 Å². The molecule has 2 atom stereocenters. The van der Waals surface area contributed by atoms with Gasteiger partial charge in [-0.3, -0.25) is 4.79 Å². The highest BCUT2D eigenvalue weighted by Gasteiger charge is 2.43. The SMILES string of the molecule is Cc1cc2ncc3c(n2n1)C[C@@H]1CC[C@H]3N1C(=O)Cn1ccnc1C. The van der Waals surface area contributed by atoms with Gasteiger partial charge in [0.05, 0.1) is 17.4 Å². The Morgan fingerprint density at radius 1 is 1.28 bits per heavy atom. The number of aryl methyl sites for hydroxylation is 2. The van der Waals surface area contributed by atoms with Gasteiger partial charge in [-0.05, 0) is 26.7 Å². The summed E-state index contributed by atoms with van der Waals surface area (Å²) >= 11 is 0. The molecule has 0 spiro atoms. The molecule has 128 valence electrons. The fourth-order valence-electron chi connectivity index (χ4n) is 4.38. The van der Waals surface area contributed by atoms with E-state index < -0.39 is 0 Å². The first-order valence-electron chi connectivity index (χ1n) is 8.75. The molecule has 5 rings (SSSR count). The van der Waals surface area contributed by atoms with E-state index in [-0.39, 0.29) is 18.0 Å². The van der Waals surface area contributed by atoms with Crippen LogP contribution in [0.15, 0.2) is 24.7 Å². The molecule has 0 unspecified atom stereocenters. The minimum atomic E-state index is 0.117. The number of amides is 1. The molecule has 5 heterocycles. The predicted octanol–water partition coefficient (Wildman–Crippen LogP) is 1.83. The lowest BCUT2D eigenvalue weighted by atomic mass is 9.99. The summed E-state index contributed by atoms with van der Waals surface area (Å²) in [7, 11) is 0. The Kier molecular flexibility index (Phi) is 3.01. The molecule has 1 saturated heterocycles. The highest BCUT2D eigenvalue weighted by molar-refractivity contribution is 5.78. The van der Waals surface area contributed by atoms with Gasteiger partial charge in [-0.1, -0.05) is 0 Å². The van der Waals surface area contributed by atoms with Crippen molar-refractivity contribution in [2.24, 2.45) is 0 Å². The molecule has 0 saturated carbocycles. The van der Waals surface area contributed by atoms with Gasteiger partial charge in [0.1, 0.15) is 12.4 Å². The molecule has 3 aromatic heterocycles. The lowest BCUT2D eigenvalue weighted by Gasteiger charge is -2.36. The number of rotatable bonds is 2. The van der Waals surface area contributed by atoms with Crippen molar-refractivity contribution >= 4 is 11.6 Å². The number of carbonyl (C=O) groups is 1. The fourth-order valence-corrected chi connectivity index (χ4v) is 4.38. The van der Waals surface area contributed by atoms with Crippen molar-refractivity contribution in [1.29, 1.82) is 0 Å². The predicted molar refractivity (Wildman–Crippen MR) is 91.0 cm³/mol. The van der Waals surface area contributed by atoms with E-state index in [0.29, 0.717) is 6.54 Å². The number of hydrogen-bond acceptors (Lipinski definition) is 4. The van der Waals surface area contributed by atoms with E-state index >= 15 is 0 Å². The molecular weight excluding hydrogens is 316 g/mol. The zero-order chi connectivity index (χ0) is 17.1. The third-order valence-electron chi connectivity index (χ3n) is 5.55. The minimum Gasteiger partial charge on any atom is -0.331 e. The van der Waals surface area contributed by atoms with Gasteiger partial charge in [-0.15, -0.1) is 0 Å². The van der Waals surface area contributed by atoms with Crippen molar-refractivity contribution in [1.82, 2.24) is 29.0 Å². The van der Waals surface area contributed by atoms with Crippen molar-refractivity contribution in [2.75, 3.05) is 0 Å². The normalized spacial score (nSPS) is 21.8. The highest BCUT2D eigenvalue weighted by atomic mass is 16.2. The summed E-state index contributed by atoms with van der Waals surface area (Å²) in [5.74, 6) is 1.03. The van der Waals surface area contributed by atoms with Crippen molar-refractivity contribution < 1.29 is 4.79 Å². The van der Waals surface area contributed by atoms with Gasteiger partial charge in [-0.25, -0.2) is 14.5 Å². The largest absolute Gasteiger partial charge is 0.331 e. The van der Waals surface area contributed by atoms with E-state index in [4.69, 9.17) is 0 Å². The first-order valence-corrected chi connectivity index (χ1v) is 8.75. The maximum absolute atomic E-state index is 13.0. The Bertz CT molecular complexity index is 987. The fraction of sp³-hybridized carbons (Fsp3) is 0.444. The van der Waals surface area contributed by atoms with Gasteiger partial charge in [0.2, 0.25) is 5.91 Å². The number of hydrogen-bond donors (Lipinski definition) is 0. The average molecular weight is 336 g/mol. The molecule has 0 aliphatic carbocycles.